The average molecular weight is 312 g/mol. The van der Waals surface area contributed by atoms with Crippen LogP contribution in [0.3, 0.4) is 0 Å². The van der Waals surface area contributed by atoms with Gasteiger partial charge in [-0.05, 0) is 50.8 Å². The maximum Gasteiger partial charge on any atom is 0.134 e. The first kappa shape index (κ1) is 12.6. The van der Waals surface area contributed by atoms with Crippen LogP contribution in [0.15, 0.2) is 33.4 Å². The monoisotopic (exact) mass is 311 g/mol. The minimum atomic E-state index is 0.321. The third-order valence-corrected chi connectivity index (χ3v) is 4.21. The number of aromatic hydroxyl groups is 1. The summed E-state index contributed by atoms with van der Waals surface area (Å²) in [5.74, 6) is 0.321. The van der Waals surface area contributed by atoms with Crippen LogP contribution in [0.2, 0.25) is 0 Å². The highest BCUT2D eigenvalue weighted by Crippen LogP contribution is 2.27. The molecular formula is C13H14BrNOS. The van der Waals surface area contributed by atoms with Gasteiger partial charge in [-0.2, -0.15) is 11.3 Å². The van der Waals surface area contributed by atoms with E-state index in [4.69, 9.17) is 0 Å². The van der Waals surface area contributed by atoms with Crippen molar-refractivity contribution in [2.75, 3.05) is 0 Å². The summed E-state index contributed by atoms with van der Waals surface area (Å²) in [6.07, 6.45) is 0. The number of rotatable bonds is 4. The Morgan fingerprint density at radius 1 is 1.24 bits per heavy atom. The van der Waals surface area contributed by atoms with Gasteiger partial charge in [-0.1, -0.05) is 12.1 Å². The molecule has 0 aliphatic rings. The van der Waals surface area contributed by atoms with Gasteiger partial charge in [0.2, 0.25) is 0 Å². The third kappa shape index (κ3) is 3.09. The van der Waals surface area contributed by atoms with E-state index in [2.05, 4.69) is 38.9 Å². The predicted molar refractivity (Wildman–Crippen MR) is 75.4 cm³/mol. The summed E-state index contributed by atoms with van der Waals surface area (Å²) in [5, 5.41) is 17.5. The second kappa shape index (κ2) is 5.67. The second-order valence-corrected chi connectivity index (χ2v) is 5.53. The van der Waals surface area contributed by atoms with Crippen molar-refractivity contribution in [3.63, 3.8) is 0 Å². The van der Waals surface area contributed by atoms with E-state index in [9.17, 15) is 5.11 Å². The van der Waals surface area contributed by atoms with Crippen LogP contribution in [0.5, 0.6) is 5.75 Å². The van der Waals surface area contributed by atoms with E-state index in [1.165, 1.54) is 11.1 Å². The highest BCUT2D eigenvalue weighted by atomic mass is 79.9. The molecule has 0 radical (unpaired) electrons. The first-order valence-electron chi connectivity index (χ1n) is 5.37. The van der Waals surface area contributed by atoms with Crippen molar-refractivity contribution in [3.8, 4) is 5.75 Å². The topological polar surface area (TPSA) is 32.3 Å². The number of hydrogen-bond donors (Lipinski definition) is 2. The molecule has 1 heterocycles. The number of phenols is 1. The molecule has 0 aliphatic heterocycles. The van der Waals surface area contributed by atoms with E-state index in [1.54, 1.807) is 11.3 Å². The van der Waals surface area contributed by atoms with E-state index in [-0.39, 0.29) is 0 Å². The SMILES string of the molecule is Cc1cscc1CNCc1cccc(Br)c1O. The predicted octanol–water partition coefficient (Wildman–Crippen LogP) is 3.81. The summed E-state index contributed by atoms with van der Waals surface area (Å²) in [7, 11) is 0. The molecule has 0 bridgehead atoms. The van der Waals surface area contributed by atoms with Crippen LogP contribution in [0, 0.1) is 6.92 Å². The molecule has 0 aliphatic carbocycles. The quantitative estimate of drug-likeness (QED) is 0.899. The highest BCUT2D eigenvalue weighted by Gasteiger charge is 2.04. The number of halogens is 1. The fraction of sp³-hybridized carbons (Fsp3) is 0.231. The molecular weight excluding hydrogens is 298 g/mol. The maximum absolute atomic E-state index is 9.82. The van der Waals surface area contributed by atoms with Crippen LogP contribution >= 0.6 is 27.3 Å². The molecule has 0 saturated carbocycles. The fourth-order valence-corrected chi connectivity index (χ4v) is 2.87. The van der Waals surface area contributed by atoms with Crippen LogP contribution in [0.1, 0.15) is 16.7 Å². The van der Waals surface area contributed by atoms with Crippen molar-refractivity contribution < 1.29 is 5.11 Å². The summed E-state index contributed by atoms with van der Waals surface area (Å²) in [5.41, 5.74) is 3.55. The van der Waals surface area contributed by atoms with Crippen molar-refractivity contribution in [2.24, 2.45) is 0 Å². The summed E-state index contributed by atoms with van der Waals surface area (Å²) in [6.45, 7) is 3.62. The lowest BCUT2D eigenvalue weighted by atomic mass is 10.2. The Morgan fingerprint density at radius 2 is 2.00 bits per heavy atom. The smallest absolute Gasteiger partial charge is 0.134 e. The summed E-state index contributed by atoms with van der Waals surface area (Å²) >= 11 is 5.03. The van der Waals surface area contributed by atoms with Gasteiger partial charge in [-0.3, -0.25) is 0 Å². The van der Waals surface area contributed by atoms with Gasteiger partial charge < -0.3 is 10.4 Å². The van der Waals surface area contributed by atoms with Gasteiger partial charge in [0.15, 0.2) is 0 Å². The molecule has 1 aromatic heterocycles. The zero-order chi connectivity index (χ0) is 12.3. The highest BCUT2D eigenvalue weighted by molar-refractivity contribution is 9.10. The standard InChI is InChI=1S/C13H14BrNOS/c1-9-7-17-8-11(9)6-15-5-10-3-2-4-12(14)13(10)16/h2-4,7-8,15-16H,5-6H2,1H3. The van der Waals surface area contributed by atoms with Crippen LogP contribution in [0.4, 0.5) is 0 Å². The number of para-hydroxylation sites is 1. The lowest BCUT2D eigenvalue weighted by molar-refractivity contribution is 0.461. The molecule has 0 saturated heterocycles. The molecule has 2 nitrogen and oxygen atoms in total. The molecule has 90 valence electrons. The Hall–Kier alpha value is -0.840. The van der Waals surface area contributed by atoms with Crippen molar-refractivity contribution in [3.05, 3.63) is 50.1 Å². The van der Waals surface area contributed by atoms with E-state index < -0.39 is 0 Å². The maximum atomic E-state index is 9.82. The lowest BCUT2D eigenvalue weighted by Crippen LogP contribution is -2.12. The Morgan fingerprint density at radius 3 is 2.71 bits per heavy atom. The molecule has 0 amide bonds. The number of thiophene rings is 1. The van der Waals surface area contributed by atoms with Gasteiger partial charge in [0.25, 0.3) is 0 Å². The molecule has 0 unspecified atom stereocenters. The molecule has 4 heteroatoms. The van der Waals surface area contributed by atoms with Gasteiger partial charge >= 0.3 is 0 Å². The number of aryl methyl sites for hydroxylation is 1. The van der Waals surface area contributed by atoms with Crippen LogP contribution in [0.25, 0.3) is 0 Å². The summed E-state index contributed by atoms with van der Waals surface area (Å²) in [6, 6.07) is 5.69. The van der Waals surface area contributed by atoms with Gasteiger partial charge in [-0.15, -0.1) is 0 Å². The zero-order valence-corrected chi connectivity index (χ0v) is 11.9. The number of nitrogens with one attached hydrogen (secondary N) is 1. The van der Waals surface area contributed by atoms with Crippen molar-refractivity contribution in [1.82, 2.24) is 5.32 Å². The van der Waals surface area contributed by atoms with Crippen LogP contribution < -0.4 is 5.32 Å². The molecule has 0 fully saturated rings. The molecule has 2 N–H and O–H groups in total. The minimum absolute atomic E-state index is 0.321. The number of benzene rings is 1. The second-order valence-electron chi connectivity index (χ2n) is 3.93. The first-order valence-corrected chi connectivity index (χ1v) is 7.11. The molecule has 0 spiro atoms. The van der Waals surface area contributed by atoms with Gasteiger partial charge in [0.1, 0.15) is 5.75 Å². The molecule has 17 heavy (non-hydrogen) atoms. The molecule has 1 aromatic carbocycles. The van der Waals surface area contributed by atoms with Gasteiger partial charge in [-0.25, -0.2) is 0 Å². The number of phenolic OH excluding ortho intramolecular Hbond substituents is 1. The molecule has 2 aromatic rings. The van der Waals surface area contributed by atoms with Crippen molar-refractivity contribution >= 4 is 27.3 Å². The van der Waals surface area contributed by atoms with Crippen LogP contribution in [-0.2, 0) is 13.1 Å². The third-order valence-electron chi connectivity index (χ3n) is 2.66. The molecule has 2 rings (SSSR count). The number of hydrogen-bond acceptors (Lipinski definition) is 3. The van der Waals surface area contributed by atoms with Gasteiger partial charge in [0, 0.05) is 18.7 Å². The van der Waals surface area contributed by atoms with Gasteiger partial charge in [0.05, 0.1) is 4.47 Å². The first-order chi connectivity index (χ1) is 8.18. The average Bonchev–Trinajstić information content (AvgIpc) is 2.71. The Balaban J connectivity index is 1.95. The van der Waals surface area contributed by atoms with E-state index in [1.807, 2.05) is 18.2 Å². The van der Waals surface area contributed by atoms with E-state index in [0.717, 1.165) is 16.6 Å². The Bertz CT molecular complexity index is 510. The van der Waals surface area contributed by atoms with Crippen LogP contribution in [-0.4, -0.2) is 5.11 Å². The zero-order valence-electron chi connectivity index (χ0n) is 9.53. The van der Waals surface area contributed by atoms with Crippen molar-refractivity contribution in [1.29, 1.82) is 0 Å². The minimum Gasteiger partial charge on any atom is -0.506 e. The molecule has 0 atom stereocenters. The Kier molecular flexibility index (Phi) is 4.20. The normalized spacial score (nSPS) is 10.7. The summed E-state index contributed by atoms with van der Waals surface area (Å²) < 4.78 is 0.739. The van der Waals surface area contributed by atoms with E-state index in [0.29, 0.717) is 12.3 Å². The van der Waals surface area contributed by atoms with Crippen molar-refractivity contribution in [2.45, 2.75) is 20.0 Å². The lowest BCUT2D eigenvalue weighted by Gasteiger charge is -2.07. The summed E-state index contributed by atoms with van der Waals surface area (Å²) in [4.78, 5) is 0. The fourth-order valence-electron chi connectivity index (χ4n) is 1.60. The van der Waals surface area contributed by atoms with E-state index >= 15 is 0 Å². The largest absolute Gasteiger partial charge is 0.506 e. The Labute approximate surface area is 113 Å².